The molecule has 3 heteroatoms. The molecule has 0 heterocycles. The van der Waals surface area contributed by atoms with E-state index in [0.29, 0.717) is 17.7 Å². The molecule has 2 rings (SSSR count). The van der Waals surface area contributed by atoms with Crippen LogP contribution in [0.25, 0.3) is 0 Å². The number of benzene rings is 2. The number of hydrogen-bond acceptors (Lipinski definition) is 3. The summed E-state index contributed by atoms with van der Waals surface area (Å²) in [7, 11) is 0. The van der Waals surface area contributed by atoms with Crippen molar-refractivity contribution in [3.05, 3.63) is 66.2 Å². The molecular formula is C17H19NO2. The molecule has 0 amide bonds. The summed E-state index contributed by atoms with van der Waals surface area (Å²) in [4.78, 5) is 12.5. The fourth-order valence-corrected chi connectivity index (χ4v) is 2.19. The highest BCUT2D eigenvalue weighted by Gasteiger charge is 2.25. The number of hydroxylamine groups is 1. The molecule has 0 spiro atoms. The Morgan fingerprint density at radius 1 is 1.05 bits per heavy atom. The van der Waals surface area contributed by atoms with Crippen molar-refractivity contribution in [1.29, 1.82) is 0 Å². The molecule has 0 aliphatic rings. The maximum atomic E-state index is 12.5. The van der Waals surface area contributed by atoms with Gasteiger partial charge in [-0.25, -0.2) is 5.06 Å². The molecule has 3 nitrogen and oxygen atoms in total. The second kappa shape index (κ2) is 6.87. The maximum Gasteiger partial charge on any atom is 0.187 e. The molecule has 2 aromatic carbocycles. The molecule has 2 aromatic rings. The number of para-hydroxylation sites is 1. The van der Waals surface area contributed by atoms with Crippen LogP contribution in [-0.2, 0) is 0 Å². The van der Waals surface area contributed by atoms with Crippen molar-refractivity contribution in [1.82, 2.24) is 0 Å². The van der Waals surface area contributed by atoms with Crippen LogP contribution in [0.2, 0.25) is 0 Å². The van der Waals surface area contributed by atoms with Gasteiger partial charge >= 0.3 is 0 Å². The Labute approximate surface area is 119 Å². The van der Waals surface area contributed by atoms with Gasteiger partial charge in [0.1, 0.15) is 6.04 Å². The predicted molar refractivity (Wildman–Crippen MR) is 80.2 cm³/mol. The molecule has 0 aromatic heterocycles. The number of carbonyl (C=O) groups is 1. The lowest BCUT2D eigenvalue weighted by Gasteiger charge is -2.26. The number of carbonyl (C=O) groups excluding carboxylic acids is 1. The van der Waals surface area contributed by atoms with Gasteiger partial charge in [-0.15, -0.1) is 0 Å². The number of Topliss-reactive ketones (excluding diaryl/α,β-unsaturated/α-hetero) is 1. The van der Waals surface area contributed by atoms with Gasteiger partial charge in [-0.1, -0.05) is 61.9 Å². The molecular weight excluding hydrogens is 250 g/mol. The lowest BCUT2D eigenvalue weighted by atomic mass is 10.00. The Morgan fingerprint density at radius 2 is 1.60 bits per heavy atom. The first kappa shape index (κ1) is 14.3. The van der Waals surface area contributed by atoms with E-state index in [1.54, 1.807) is 24.3 Å². The van der Waals surface area contributed by atoms with Crippen molar-refractivity contribution in [2.45, 2.75) is 25.8 Å². The van der Waals surface area contributed by atoms with Crippen LogP contribution in [0.15, 0.2) is 60.7 Å². The molecule has 0 aliphatic carbocycles. The van der Waals surface area contributed by atoms with E-state index in [4.69, 9.17) is 0 Å². The first-order valence-electron chi connectivity index (χ1n) is 6.86. The van der Waals surface area contributed by atoms with Crippen molar-refractivity contribution in [2.75, 3.05) is 5.06 Å². The van der Waals surface area contributed by atoms with Gasteiger partial charge in [-0.05, 0) is 18.6 Å². The van der Waals surface area contributed by atoms with Crippen LogP contribution in [0.3, 0.4) is 0 Å². The highest BCUT2D eigenvalue weighted by molar-refractivity contribution is 6.01. The monoisotopic (exact) mass is 269 g/mol. The minimum Gasteiger partial charge on any atom is -0.292 e. The number of anilines is 1. The molecule has 1 unspecified atom stereocenters. The zero-order valence-corrected chi connectivity index (χ0v) is 11.6. The van der Waals surface area contributed by atoms with Crippen molar-refractivity contribution in [3.8, 4) is 0 Å². The molecule has 0 fully saturated rings. The number of nitrogens with zero attached hydrogens (tertiary/aromatic N) is 1. The Morgan fingerprint density at radius 3 is 2.15 bits per heavy atom. The molecule has 0 bridgehead atoms. The minimum absolute atomic E-state index is 0.0567. The third-order valence-electron chi connectivity index (χ3n) is 3.24. The number of ketones is 1. The van der Waals surface area contributed by atoms with Gasteiger partial charge < -0.3 is 0 Å². The third kappa shape index (κ3) is 3.25. The summed E-state index contributed by atoms with van der Waals surface area (Å²) in [5.74, 6) is -0.0567. The van der Waals surface area contributed by atoms with E-state index in [-0.39, 0.29) is 5.78 Å². The van der Waals surface area contributed by atoms with Crippen LogP contribution in [0.4, 0.5) is 5.69 Å². The van der Waals surface area contributed by atoms with Gasteiger partial charge in [-0.2, -0.15) is 0 Å². The van der Waals surface area contributed by atoms with Crippen molar-refractivity contribution in [2.24, 2.45) is 0 Å². The molecule has 104 valence electrons. The molecule has 0 aliphatic heterocycles. The van der Waals surface area contributed by atoms with Crippen molar-refractivity contribution < 1.29 is 10.0 Å². The first-order chi connectivity index (χ1) is 9.74. The van der Waals surface area contributed by atoms with E-state index in [0.717, 1.165) is 11.5 Å². The Kier molecular flexibility index (Phi) is 4.91. The van der Waals surface area contributed by atoms with Crippen molar-refractivity contribution in [3.63, 3.8) is 0 Å². The summed E-state index contributed by atoms with van der Waals surface area (Å²) in [5.41, 5.74) is 1.26. The fraction of sp³-hybridized carbons (Fsp3) is 0.235. The molecule has 1 N–H and O–H groups in total. The average molecular weight is 269 g/mol. The molecule has 1 atom stereocenters. The van der Waals surface area contributed by atoms with Crippen LogP contribution in [-0.4, -0.2) is 17.0 Å². The summed E-state index contributed by atoms with van der Waals surface area (Å²) in [6.45, 7) is 2.00. The van der Waals surface area contributed by atoms with Crippen LogP contribution in [0.1, 0.15) is 30.1 Å². The predicted octanol–water partition coefficient (Wildman–Crippen LogP) is 3.93. The van der Waals surface area contributed by atoms with Crippen LogP contribution < -0.4 is 5.06 Å². The quantitative estimate of drug-likeness (QED) is 0.638. The fourth-order valence-electron chi connectivity index (χ4n) is 2.19. The maximum absolute atomic E-state index is 12.5. The summed E-state index contributed by atoms with van der Waals surface area (Å²) < 4.78 is 0. The van der Waals surface area contributed by atoms with Crippen LogP contribution in [0.5, 0.6) is 0 Å². The summed E-state index contributed by atoms with van der Waals surface area (Å²) in [6, 6.07) is 17.7. The largest absolute Gasteiger partial charge is 0.292 e. The molecule has 0 saturated carbocycles. The molecule has 20 heavy (non-hydrogen) atoms. The number of hydrogen-bond donors (Lipinski definition) is 1. The smallest absolute Gasteiger partial charge is 0.187 e. The molecule has 0 saturated heterocycles. The normalized spacial score (nSPS) is 11.9. The van der Waals surface area contributed by atoms with E-state index < -0.39 is 6.04 Å². The van der Waals surface area contributed by atoms with Gasteiger partial charge in [0.2, 0.25) is 0 Å². The highest BCUT2D eigenvalue weighted by atomic mass is 16.5. The summed E-state index contributed by atoms with van der Waals surface area (Å²) >= 11 is 0. The van der Waals surface area contributed by atoms with Gasteiger partial charge in [0.25, 0.3) is 0 Å². The lowest BCUT2D eigenvalue weighted by Crippen LogP contribution is -2.39. The van der Waals surface area contributed by atoms with Gasteiger partial charge in [0.05, 0.1) is 5.69 Å². The van der Waals surface area contributed by atoms with E-state index in [9.17, 15) is 10.0 Å². The zero-order valence-electron chi connectivity index (χ0n) is 11.6. The first-order valence-corrected chi connectivity index (χ1v) is 6.86. The summed E-state index contributed by atoms with van der Waals surface area (Å²) in [6.07, 6.45) is 1.44. The summed E-state index contributed by atoms with van der Waals surface area (Å²) in [5, 5.41) is 11.4. The highest BCUT2D eigenvalue weighted by Crippen LogP contribution is 2.20. The van der Waals surface area contributed by atoms with E-state index in [2.05, 4.69) is 0 Å². The lowest BCUT2D eigenvalue weighted by molar-refractivity contribution is 0.0887. The second-order valence-corrected chi connectivity index (χ2v) is 4.71. The minimum atomic E-state index is -0.551. The van der Waals surface area contributed by atoms with Crippen LogP contribution in [0, 0.1) is 0 Å². The van der Waals surface area contributed by atoms with Crippen LogP contribution >= 0.6 is 0 Å². The van der Waals surface area contributed by atoms with Gasteiger partial charge in [-0.3, -0.25) is 10.0 Å². The third-order valence-corrected chi connectivity index (χ3v) is 3.24. The Balaban J connectivity index is 2.25. The van der Waals surface area contributed by atoms with Crippen molar-refractivity contribution >= 4 is 11.5 Å². The van der Waals surface area contributed by atoms with E-state index in [1.165, 1.54) is 0 Å². The Hall–Kier alpha value is -2.13. The topological polar surface area (TPSA) is 40.5 Å². The standard InChI is InChI=1S/C17H19NO2/c1-2-9-16(17(19)14-10-5-3-6-11-14)18(20)15-12-7-4-8-13-15/h3-8,10-13,16,20H,2,9H2,1H3. The van der Waals surface area contributed by atoms with Gasteiger partial charge in [0, 0.05) is 5.56 Å². The second-order valence-electron chi connectivity index (χ2n) is 4.71. The average Bonchev–Trinajstić information content (AvgIpc) is 2.53. The zero-order chi connectivity index (χ0) is 14.4. The van der Waals surface area contributed by atoms with E-state index in [1.807, 2.05) is 43.3 Å². The molecule has 0 radical (unpaired) electrons. The number of rotatable bonds is 6. The van der Waals surface area contributed by atoms with Gasteiger partial charge in [0.15, 0.2) is 5.78 Å². The SMILES string of the molecule is CCCC(C(=O)c1ccccc1)N(O)c1ccccc1. The Bertz CT molecular complexity index is 539. The van der Waals surface area contributed by atoms with E-state index >= 15 is 0 Å².